The molecule has 0 spiro atoms. The van der Waals surface area contributed by atoms with Crippen LogP contribution < -0.4 is 31.8 Å². The maximum absolute atomic E-state index is 12.0. The number of rotatable bonds is 6. The van der Waals surface area contributed by atoms with Gasteiger partial charge in [0.1, 0.15) is 5.56 Å². The van der Waals surface area contributed by atoms with Crippen LogP contribution in [0.2, 0.25) is 0 Å². The number of nitrogens with zero attached hydrogens (tertiary/aromatic N) is 1. The summed E-state index contributed by atoms with van der Waals surface area (Å²) in [6.45, 7) is 0.0984. The molecule has 0 atom stereocenters. The minimum absolute atomic E-state index is 0. The van der Waals surface area contributed by atoms with Gasteiger partial charge in [-0.1, -0.05) is 6.07 Å². The summed E-state index contributed by atoms with van der Waals surface area (Å²) in [6, 6.07) is 6.66. The zero-order valence-electron chi connectivity index (χ0n) is 12.0. The van der Waals surface area contributed by atoms with Crippen LogP contribution in [-0.2, 0) is 16.6 Å². The summed E-state index contributed by atoms with van der Waals surface area (Å²) in [5.41, 5.74) is 2.31. The Labute approximate surface area is 148 Å². The van der Waals surface area contributed by atoms with Crippen molar-refractivity contribution in [3.05, 3.63) is 52.5 Å². The van der Waals surface area contributed by atoms with E-state index < -0.39 is 15.9 Å². The average molecular weight is 420 g/mol. The van der Waals surface area contributed by atoms with Crippen LogP contribution in [-0.4, -0.2) is 26.4 Å². The van der Waals surface area contributed by atoms with Gasteiger partial charge in [0.15, 0.2) is 12.4 Å². The first kappa shape index (κ1) is 19.4. The molecule has 7 nitrogen and oxygen atoms in total. The van der Waals surface area contributed by atoms with E-state index in [1.807, 2.05) is 10.2 Å². The predicted octanol–water partition coefficient (Wildman–Crippen LogP) is -2.88. The molecule has 0 saturated carbocycles. The number of carbonyl (C=O) groups excluding carboxylic acids is 2. The van der Waals surface area contributed by atoms with Crippen LogP contribution in [0.4, 0.5) is 0 Å². The number of nitrogens with one attached hydrogen (secondary N) is 2. The Morgan fingerprint density at radius 2 is 2.00 bits per heavy atom. The Balaban J connectivity index is 0.00000264. The molecule has 0 aliphatic rings. The Morgan fingerprint density at radius 3 is 2.61 bits per heavy atom. The second-order valence-electron chi connectivity index (χ2n) is 4.49. The lowest BCUT2D eigenvalue weighted by atomic mass is 10.2. The van der Waals surface area contributed by atoms with E-state index in [9.17, 15) is 18.0 Å². The lowest BCUT2D eigenvalue weighted by Gasteiger charge is -2.04. The van der Waals surface area contributed by atoms with Gasteiger partial charge in [-0.15, -0.1) is 16.2 Å². The number of halogens is 1. The highest BCUT2D eigenvalue weighted by atomic mass is 79.9. The van der Waals surface area contributed by atoms with Crippen molar-refractivity contribution >= 4 is 33.1 Å². The van der Waals surface area contributed by atoms with Gasteiger partial charge in [-0.25, -0.2) is 8.42 Å². The fourth-order valence-electron chi connectivity index (χ4n) is 1.65. The third-order valence-corrected chi connectivity index (χ3v) is 3.98. The van der Waals surface area contributed by atoms with Crippen LogP contribution in [0, 0.1) is 0 Å². The number of hydrogen-bond donors (Lipinski definition) is 2. The predicted molar refractivity (Wildman–Crippen MR) is 80.7 cm³/mol. The fraction of sp³-hybridized carbons (Fsp3) is 0.154. The van der Waals surface area contributed by atoms with Crippen LogP contribution in [0.1, 0.15) is 20.0 Å². The normalized spacial score (nSPS) is 10.7. The number of hydrogen-bond acceptors (Lipinski definition) is 5. The zero-order valence-corrected chi connectivity index (χ0v) is 15.2. The van der Waals surface area contributed by atoms with Crippen molar-refractivity contribution < 1.29 is 39.6 Å². The van der Waals surface area contributed by atoms with Gasteiger partial charge < -0.3 is 17.0 Å². The van der Waals surface area contributed by atoms with E-state index in [1.54, 1.807) is 29.0 Å². The molecule has 0 aliphatic carbocycles. The van der Waals surface area contributed by atoms with Gasteiger partial charge in [-0.3, -0.25) is 15.0 Å². The minimum atomic E-state index is -3.53. The topological polar surface area (TPSA) is 96.2 Å². The highest BCUT2D eigenvalue weighted by Gasteiger charge is 2.16. The molecule has 0 radical (unpaired) electrons. The number of sulfonamides is 1. The molecule has 0 unspecified atom stereocenters. The molecular formula is C13H14BrN3O4S2. The summed E-state index contributed by atoms with van der Waals surface area (Å²) in [6.07, 6.45) is 4.06. The Kier molecular flexibility index (Phi) is 7.01. The SMILES string of the molecule is CS(=O)(=O)NNC(=O)c1ccc[n+](CC(=O)c2cccs2)c1.[Br-]. The molecule has 2 aromatic heterocycles. The highest BCUT2D eigenvalue weighted by Crippen LogP contribution is 2.09. The molecule has 2 N–H and O–H groups in total. The minimum Gasteiger partial charge on any atom is -1.00 e. The number of ketones is 1. The summed E-state index contributed by atoms with van der Waals surface area (Å²) in [5, 5.41) is 1.82. The second kappa shape index (κ2) is 8.29. The molecule has 0 aromatic carbocycles. The highest BCUT2D eigenvalue weighted by molar-refractivity contribution is 7.88. The summed E-state index contributed by atoms with van der Waals surface area (Å²) in [4.78, 5) is 26.4. The number of pyridine rings is 1. The first-order chi connectivity index (χ1) is 10.3. The molecule has 0 aliphatic heterocycles. The molecule has 2 aromatic rings. The van der Waals surface area contributed by atoms with E-state index in [1.165, 1.54) is 23.6 Å². The molecule has 0 fully saturated rings. The molecular weight excluding hydrogens is 406 g/mol. The van der Waals surface area contributed by atoms with Crippen molar-refractivity contribution in [1.82, 2.24) is 10.3 Å². The zero-order chi connectivity index (χ0) is 16.2. The number of carbonyl (C=O) groups is 2. The Bertz CT molecular complexity index is 791. The lowest BCUT2D eigenvalue weighted by molar-refractivity contribution is -0.683. The summed E-state index contributed by atoms with van der Waals surface area (Å²) in [7, 11) is -3.53. The van der Waals surface area contributed by atoms with E-state index in [4.69, 9.17) is 0 Å². The number of Topliss-reactive ketones (excluding diaryl/α,β-unsaturated/α-hetero) is 1. The third kappa shape index (κ3) is 6.18. The van der Waals surface area contributed by atoms with Gasteiger partial charge in [0.2, 0.25) is 22.4 Å². The number of amides is 1. The molecule has 10 heteroatoms. The third-order valence-electron chi connectivity index (χ3n) is 2.59. The van der Waals surface area contributed by atoms with E-state index in [0.717, 1.165) is 6.26 Å². The quantitative estimate of drug-likeness (QED) is 0.298. The van der Waals surface area contributed by atoms with Gasteiger partial charge in [-0.05, 0) is 17.5 Å². The van der Waals surface area contributed by atoms with Crippen LogP contribution in [0.5, 0.6) is 0 Å². The van der Waals surface area contributed by atoms with E-state index in [0.29, 0.717) is 4.88 Å². The molecule has 0 saturated heterocycles. The van der Waals surface area contributed by atoms with Crippen molar-refractivity contribution in [3.63, 3.8) is 0 Å². The van der Waals surface area contributed by atoms with Crippen molar-refractivity contribution in [1.29, 1.82) is 0 Å². The van der Waals surface area contributed by atoms with Gasteiger partial charge in [0, 0.05) is 6.07 Å². The van der Waals surface area contributed by atoms with Crippen molar-refractivity contribution in [2.75, 3.05) is 6.26 Å². The molecule has 1 amide bonds. The molecule has 124 valence electrons. The lowest BCUT2D eigenvalue weighted by Crippen LogP contribution is -3.00. The maximum atomic E-state index is 12.0. The van der Waals surface area contributed by atoms with Crippen molar-refractivity contribution in [2.24, 2.45) is 0 Å². The van der Waals surface area contributed by atoms with Crippen LogP contribution in [0.15, 0.2) is 42.0 Å². The summed E-state index contributed by atoms with van der Waals surface area (Å²) < 4.78 is 23.4. The van der Waals surface area contributed by atoms with Crippen molar-refractivity contribution in [3.8, 4) is 0 Å². The Hall–Kier alpha value is -1.62. The van der Waals surface area contributed by atoms with Crippen LogP contribution in [0.3, 0.4) is 0 Å². The van der Waals surface area contributed by atoms with Gasteiger partial charge >= 0.3 is 0 Å². The first-order valence-corrected chi connectivity index (χ1v) is 8.95. The van der Waals surface area contributed by atoms with E-state index >= 15 is 0 Å². The van der Waals surface area contributed by atoms with E-state index in [2.05, 4.69) is 5.43 Å². The first-order valence-electron chi connectivity index (χ1n) is 6.18. The average Bonchev–Trinajstić information content (AvgIpc) is 2.98. The largest absolute Gasteiger partial charge is 1.00 e. The summed E-state index contributed by atoms with van der Waals surface area (Å²) >= 11 is 1.35. The molecule has 23 heavy (non-hydrogen) atoms. The molecule has 2 rings (SSSR count). The maximum Gasteiger partial charge on any atom is 0.272 e. The molecule has 2 heterocycles. The second-order valence-corrected chi connectivity index (χ2v) is 7.19. The summed E-state index contributed by atoms with van der Waals surface area (Å²) in [5.74, 6) is -0.671. The number of aromatic nitrogens is 1. The van der Waals surface area contributed by atoms with E-state index in [-0.39, 0.29) is 34.9 Å². The standard InChI is InChI=1S/C13H13N3O4S2.BrH/c1-22(19,20)15-14-13(18)10-4-2-6-16(8-10)9-11(17)12-5-3-7-21-12;/h2-8,15H,9H2,1H3;1H. The monoisotopic (exact) mass is 419 g/mol. The van der Waals surface area contributed by atoms with Crippen molar-refractivity contribution in [2.45, 2.75) is 6.54 Å². The van der Waals surface area contributed by atoms with Gasteiger partial charge in [-0.2, -0.15) is 4.57 Å². The van der Waals surface area contributed by atoms with Gasteiger partial charge in [0.25, 0.3) is 5.91 Å². The number of hydrazine groups is 1. The van der Waals surface area contributed by atoms with Crippen LogP contribution >= 0.6 is 11.3 Å². The van der Waals surface area contributed by atoms with Crippen LogP contribution in [0.25, 0.3) is 0 Å². The van der Waals surface area contributed by atoms with Gasteiger partial charge in [0.05, 0.1) is 11.1 Å². The number of thiophene rings is 1. The Morgan fingerprint density at radius 1 is 1.26 bits per heavy atom. The fourth-order valence-corrected chi connectivity index (χ4v) is 2.58. The molecule has 0 bridgehead atoms. The smallest absolute Gasteiger partial charge is 0.272 e.